The van der Waals surface area contributed by atoms with Gasteiger partial charge in [-0.2, -0.15) is 18.3 Å². The quantitative estimate of drug-likeness (QED) is 0.237. The zero-order chi connectivity index (χ0) is 21.7. The summed E-state index contributed by atoms with van der Waals surface area (Å²) < 4.78 is 62.7. The number of alkyl halides is 3. The van der Waals surface area contributed by atoms with Crippen molar-refractivity contribution in [2.45, 2.75) is 13.1 Å². The molecule has 0 aliphatic carbocycles. The van der Waals surface area contributed by atoms with Crippen molar-refractivity contribution in [2.24, 2.45) is 0 Å². The predicted molar refractivity (Wildman–Crippen MR) is 100.0 cm³/mol. The van der Waals surface area contributed by atoms with Gasteiger partial charge in [0, 0.05) is 44.1 Å². The summed E-state index contributed by atoms with van der Waals surface area (Å²) in [6, 6.07) is 13.9. The average molecular weight is 610 g/mol. The molecule has 163 valence electrons. The van der Waals surface area contributed by atoms with Crippen LogP contribution in [0.1, 0.15) is 11.3 Å². The predicted octanol–water partition coefficient (Wildman–Crippen LogP) is 5.62. The van der Waals surface area contributed by atoms with Crippen molar-refractivity contribution >= 4 is 0 Å². The average Bonchev–Trinajstić information content (AvgIpc) is 3.20. The topological polar surface area (TPSA) is 54.5 Å². The zero-order valence-electron chi connectivity index (χ0n) is 15.8. The third-order valence-electron chi connectivity index (χ3n) is 3.84. The first-order valence-corrected chi connectivity index (χ1v) is 8.58. The smallest absolute Gasteiger partial charge is 0.305 e. The molecule has 10 heteroatoms. The molecule has 0 aliphatic rings. The zero-order valence-corrected chi connectivity index (χ0v) is 18.2. The summed E-state index contributed by atoms with van der Waals surface area (Å²) in [7, 11) is 0. The first kappa shape index (κ1) is 24.3. The molecule has 0 spiro atoms. The van der Waals surface area contributed by atoms with Crippen LogP contribution < -0.4 is 0 Å². The number of hydrogen-bond donors (Lipinski definition) is 1. The van der Waals surface area contributed by atoms with Gasteiger partial charge in [-0.1, -0.05) is 23.8 Å². The molecule has 1 N–H and O–H groups in total. The fraction of sp³-hybridized carbons (Fsp3) is 0.0952. The van der Waals surface area contributed by atoms with E-state index in [0.717, 1.165) is 23.8 Å². The van der Waals surface area contributed by atoms with E-state index < -0.39 is 23.5 Å². The Kier molecular flexibility index (Phi) is 8.13. The van der Waals surface area contributed by atoms with Gasteiger partial charge in [-0.05, 0) is 42.4 Å². The van der Waals surface area contributed by atoms with Crippen LogP contribution in [0.15, 0.2) is 60.9 Å². The summed E-state index contributed by atoms with van der Waals surface area (Å²) in [6.07, 6.45) is -1.33. The number of nitrogens with one attached hydrogen (secondary N) is 1. The summed E-state index contributed by atoms with van der Waals surface area (Å²) in [6.45, 7) is 1.84. The number of H-pyrrole nitrogens is 1. The van der Waals surface area contributed by atoms with Crippen LogP contribution in [-0.4, -0.2) is 20.2 Å². The van der Waals surface area contributed by atoms with Gasteiger partial charge in [0.2, 0.25) is 0 Å². The van der Waals surface area contributed by atoms with Crippen LogP contribution >= 0.6 is 0 Å². The SMILES string of the molecule is Cc1ccnc(-c2cc(C(F)(F)F)[nH]n2)c1.Fc1c[c-]c(-c2ccccn2)c(F)c1.[Ir]. The third kappa shape index (κ3) is 6.50. The van der Waals surface area contributed by atoms with Crippen molar-refractivity contribution in [3.05, 3.63) is 89.9 Å². The Labute approximate surface area is 187 Å². The molecule has 0 amide bonds. The van der Waals surface area contributed by atoms with Gasteiger partial charge in [0.1, 0.15) is 11.4 Å². The fourth-order valence-electron chi connectivity index (χ4n) is 2.43. The second-order valence-electron chi connectivity index (χ2n) is 6.14. The van der Waals surface area contributed by atoms with E-state index in [0.29, 0.717) is 11.4 Å². The Morgan fingerprint density at radius 2 is 1.65 bits per heavy atom. The summed E-state index contributed by atoms with van der Waals surface area (Å²) in [4.78, 5) is 7.90. The minimum absolute atomic E-state index is 0. The summed E-state index contributed by atoms with van der Waals surface area (Å²) in [5, 5.41) is 5.54. The molecule has 4 nitrogen and oxygen atoms in total. The molecule has 0 saturated carbocycles. The van der Waals surface area contributed by atoms with Crippen LogP contribution in [0, 0.1) is 24.6 Å². The van der Waals surface area contributed by atoms with Gasteiger partial charge in [-0.3, -0.25) is 18.9 Å². The Hall–Kier alpha value is -2.97. The van der Waals surface area contributed by atoms with Gasteiger partial charge < -0.3 is 4.98 Å². The molecule has 3 aromatic heterocycles. The molecule has 0 fully saturated rings. The molecule has 0 unspecified atom stereocenters. The number of nitrogens with zero attached hydrogens (tertiary/aromatic N) is 3. The number of aromatic amines is 1. The second-order valence-corrected chi connectivity index (χ2v) is 6.14. The number of aromatic nitrogens is 4. The van der Waals surface area contributed by atoms with Crippen molar-refractivity contribution in [1.29, 1.82) is 0 Å². The van der Waals surface area contributed by atoms with Gasteiger partial charge in [-0.15, -0.1) is 12.1 Å². The van der Waals surface area contributed by atoms with Gasteiger partial charge in [0.05, 0.1) is 5.69 Å². The van der Waals surface area contributed by atoms with Crippen LogP contribution in [0.5, 0.6) is 0 Å². The second kappa shape index (κ2) is 10.4. The minimum atomic E-state index is -4.41. The third-order valence-corrected chi connectivity index (χ3v) is 3.84. The van der Waals surface area contributed by atoms with Crippen LogP contribution in [0.4, 0.5) is 22.0 Å². The first-order valence-electron chi connectivity index (χ1n) is 8.58. The van der Waals surface area contributed by atoms with Crippen LogP contribution in [0.25, 0.3) is 22.6 Å². The normalized spacial score (nSPS) is 10.6. The van der Waals surface area contributed by atoms with E-state index in [1.54, 1.807) is 36.5 Å². The molecular formula is C21H14F5IrN4-. The molecule has 3 heterocycles. The monoisotopic (exact) mass is 610 g/mol. The molecule has 1 radical (unpaired) electrons. The number of pyridine rings is 2. The van der Waals surface area contributed by atoms with Gasteiger partial charge in [0.25, 0.3) is 0 Å². The molecular weight excluding hydrogens is 595 g/mol. The van der Waals surface area contributed by atoms with E-state index in [4.69, 9.17) is 0 Å². The summed E-state index contributed by atoms with van der Waals surface area (Å²) in [5.41, 5.74) is 1.30. The Bertz CT molecular complexity index is 1130. The number of halogens is 5. The number of benzene rings is 1. The molecule has 0 saturated heterocycles. The van der Waals surface area contributed by atoms with Crippen molar-refractivity contribution in [2.75, 3.05) is 0 Å². The molecule has 31 heavy (non-hydrogen) atoms. The van der Waals surface area contributed by atoms with Gasteiger partial charge in [-0.25, -0.2) is 0 Å². The van der Waals surface area contributed by atoms with Gasteiger partial charge in [0.15, 0.2) is 0 Å². The van der Waals surface area contributed by atoms with E-state index in [1.165, 1.54) is 6.20 Å². The van der Waals surface area contributed by atoms with Gasteiger partial charge >= 0.3 is 6.18 Å². The van der Waals surface area contributed by atoms with Crippen molar-refractivity contribution in [1.82, 2.24) is 20.2 Å². The van der Waals surface area contributed by atoms with E-state index in [1.807, 2.05) is 12.0 Å². The first-order chi connectivity index (χ1) is 14.2. The van der Waals surface area contributed by atoms with Crippen molar-refractivity contribution in [3.63, 3.8) is 0 Å². The van der Waals surface area contributed by atoms with Crippen molar-refractivity contribution < 1.29 is 42.1 Å². The maximum atomic E-state index is 13.2. The minimum Gasteiger partial charge on any atom is -0.305 e. The molecule has 4 rings (SSSR count). The maximum Gasteiger partial charge on any atom is 0.432 e. The van der Waals surface area contributed by atoms with Crippen LogP contribution in [0.2, 0.25) is 0 Å². The molecule has 0 bridgehead atoms. The Morgan fingerprint density at radius 3 is 2.23 bits per heavy atom. The largest absolute Gasteiger partial charge is 0.432 e. The number of aryl methyl sites for hydroxylation is 1. The number of hydrogen-bond acceptors (Lipinski definition) is 3. The number of rotatable bonds is 2. The van der Waals surface area contributed by atoms with E-state index >= 15 is 0 Å². The van der Waals surface area contributed by atoms with Crippen LogP contribution in [-0.2, 0) is 26.3 Å². The molecule has 4 aromatic rings. The maximum absolute atomic E-state index is 13.2. The van der Waals surface area contributed by atoms with E-state index in [-0.39, 0.29) is 31.4 Å². The summed E-state index contributed by atoms with van der Waals surface area (Å²) >= 11 is 0. The van der Waals surface area contributed by atoms with Crippen LogP contribution in [0.3, 0.4) is 0 Å². The fourth-order valence-corrected chi connectivity index (χ4v) is 2.43. The Morgan fingerprint density at radius 1 is 0.903 bits per heavy atom. The summed E-state index contributed by atoms with van der Waals surface area (Å²) in [5.74, 6) is -1.29. The van der Waals surface area contributed by atoms with E-state index in [2.05, 4.69) is 21.1 Å². The molecule has 1 aromatic carbocycles. The van der Waals surface area contributed by atoms with E-state index in [9.17, 15) is 22.0 Å². The molecule has 0 aliphatic heterocycles. The standard InChI is InChI=1S/C11H6F2N.C10H8F3N3.Ir/c12-8-4-5-9(10(13)7-8)11-3-1-2-6-14-11;1-6-2-3-14-7(4-6)8-5-9(16-15-8)10(11,12)13;/h1-4,6-7H;2-5H,1H3,(H,15,16);/q-1;;. The van der Waals surface area contributed by atoms with Crippen molar-refractivity contribution in [3.8, 4) is 22.6 Å². The molecule has 0 atom stereocenters. The Balaban J connectivity index is 0.000000215.